The average Bonchev–Trinajstić information content (AvgIpc) is 2.59. The van der Waals surface area contributed by atoms with Crippen molar-refractivity contribution in [1.29, 1.82) is 0 Å². The Morgan fingerprint density at radius 2 is 1.79 bits per heavy atom. The largest absolute Gasteiger partial charge is 0.573 e. The lowest BCUT2D eigenvalue weighted by Crippen LogP contribution is -2.21. The van der Waals surface area contributed by atoms with E-state index >= 15 is 0 Å². The van der Waals surface area contributed by atoms with Gasteiger partial charge in [-0.2, -0.15) is 0 Å². The number of anilines is 1. The fourth-order valence-electron chi connectivity index (χ4n) is 2.24. The lowest BCUT2D eigenvalue weighted by molar-refractivity contribution is -0.275. The Hall–Kier alpha value is -2.80. The van der Waals surface area contributed by atoms with E-state index in [1.165, 1.54) is 6.07 Å². The van der Waals surface area contributed by atoms with E-state index in [2.05, 4.69) is 25.4 Å². The summed E-state index contributed by atoms with van der Waals surface area (Å²) in [6.07, 6.45) is -5.13. The van der Waals surface area contributed by atoms with Gasteiger partial charge in [0.15, 0.2) is 0 Å². The maximum absolute atomic E-state index is 12.6. The molecule has 8 nitrogen and oxygen atoms in total. The molecular weight excluding hydrogens is 487 g/mol. The molecule has 2 N–H and O–H groups in total. The Balaban J connectivity index is 2.52. The van der Waals surface area contributed by atoms with E-state index < -0.39 is 44.5 Å². The first-order valence-corrected chi connectivity index (χ1v) is 9.66. The minimum atomic E-state index is -5.13. The average molecular weight is 498 g/mol. The number of benzene rings is 2. The summed E-state index contributed by atoms with van der Waals surface area (Å²) in [6.45, 7) is 0. The molecule has 2 aromatic carbocycles. The number of carbonyl (C=O) groups excluding carboxylic acids is 1. The van der Waals surface area contributed by atoms with E-state index in [-0.39, 0.29) is 15.7 Å². The molecule has 0 saturated carbocycles. The predicted octanol–water partition coefficient (Wildman–Crippen LogP) is 3.63. The number of halogens is 4. The third kappa shape index (κ3) is 5.38. The number of aromatic carboxylic acids is 1. The van der Waals surface area contributed by atoms with Gasteiger partial charge in [-0.1, -0.05) is 12.1 Å². The number of hydrogen-bond acceptors (Lipinski definition) is 6. The summed E-state index contributed by atoms with van der Waals surface area (Å²) in [7, 11) is -3.60. The zero-order chi connectivity index (χ0) is 22.0. The molecule has 156 valence electrons. The summed E-state index contributed by atoms with van der Waals surface area (Å²) in [5.74, 6) is -3.53. The summed E-state index contributed by atoms with van der Waals surface area (Å²) in [5.41, 5.74) is -1.30. The van der Waals surface area contributed by atoms with Crippen LogP contribution in [0.3, 0.4) is 0 Å². The number of carboxylic acids is 1. The molecule has 0 bridgehead atoms. The van der Waals surface area contributed by atoms with Crippen LogP contribution in [0, 0.1) is 0 Å². The summed E-state index contributed by atoms with van der Waals surface area (Å²) < 4.78 is 72.8. The van der Waals surface area contributed by atoms with Crippen molar-refractivity contribution in [2.75, 3.05) is 11.8 Å². The highest BCUT2D eigenvalue weighted by Gasteiger charge is 2.34. The molecule has 0 radical (unpaired) electrons. The Labute approximate surface area is 170 Å². The second-order valence-corrected chi connectivity index (χ2v) is 7.78. The number of carbonyl (C=O) groups is 2. The predicted molar refractivity (Wildman–Crippen MR) is 96.4 cm³/mol. The fraction of sp³-hybridized carbons (Fsp3) is 0.125. The van der Waals surface area contributed by atoms with Gasteiger partial charge in [0.1, 0.15) is 10.6 Å². The first-order chi connectivity index (χ1) is 13.4. The highest BCUT2D eigenvalue weighted by Crippen LogP contribution is 2.32. The van der Waals surface area contributed by atoms with Gasteiger partial charge in [-0.05, 0) is 40.2 Å². The van der Waals surface area contributed by atoms with Crippen molar-refractivity contribution in [3.63, 3.8) is 0 Å². The minimum Gasteiger partial charge on any atom is -0.478 e. The molecular formula is C16H11BrF3NO7S. The molecule has 0 amide bonds. The molecule has 0 aliphatic heterocycles. The number of esters is 1. The van der Waals surface area contributed by atoms with Gasteiger partial charge in [-0.15, -0.1) is 13.2 Å². The van der Waals surface area contributed by atoms with Gasteiger partial charge in [-0.3, -0.25) is 4.72 Å². The number of sulfonamides is 1. The zero-order valence-corrected chi connectivity index (χ0v) is 16.7. The Bertz CT molecular complexity index is 1070. The molecule has 0 atom stereocenters. The number of methoxy groups -OCH3 is 1. The number of para-hydroxylation sites is 1. The molecule has 0 aromatic heterocycles. The van der Waals surface area contributed by atoms with Gasteiger partial charge in [0.2, 0.25) is 0 Å². The van der Waals surface area contributed by atoms with Crippen molar-refractivity contribution in [2.24, 2.45) is 0 Å². The zero-order valence-electron chi connectivity index (χ0n) is 14.3. The van der Waals surface area contributed by atoms with Crippen molar-refractivity contribution in [1.82, 2.24) is 0 Å². The Kier molecular flexibility index (Phi) is 6.43. The summed E-state index contributed by atoms with van der Waals surface area (Å²) in [4.78, 5) is 22.4. The highest BCUT2D eigenvalue weighted by atomic mass is 79.9. The van der Waals surface area contributed by atoms with Crippen LogP contribution in [-0.2, 0) is 14.8 Å². The summed E-state index contributed by atoms with van der Waals surface area (Å²) in [6, 6.07) is 5.88. The Morgan fingerprint density at radius 1 is 1.17 bits per heavy atom. The maximum Gasteiger partial charge on any atom is 0.573 e. The van der Waals surface area contributed by atoms with E-state index in [0.29, 0.717) is 0 Å². The summed E-state index contributed by atoms with van der Waals surface area (Å²) >= 11 is 2.95. The smallest absolute Gasteiger partial charge is 0.478 e. The number of rotatable bonds is 6. The highest BCUT2D eigenvalue weighted by molar-refractivity contribution is 9.10. The molecule has 0 heterocycles. The molecule has 0 aliphatic carbocycles. The van der Waals surface area contributed by atoms with Gasteiger partial charge in [0.05, 0.1) is 23.9 Å². The molecule has 2 aromatic rings. The van der Waals surface area contributed by atoms with Gasteiger partial charge < -0.3 is 14.6 Å². The van der Waals surface area contributed by atoms with Crippen molar-refractivity contribution >= 4 is 43.6 Å². The van der Waals surface area contributed by atoms with Crippen molar-refractivity contribution < 1.29 is 45.8 Å². The summed E-state index contributed by atoms with van der Waals surface area (Å²) in [5, 5.41) is 9.30. The molecule has 0 fully saturated rings. The van der Waals surface area contributed by atoms with Crippen LogP contribution in [0.5, 0.6) is 5.75 Å². The third-order valence-electron chi connectivity index (χ3n) is 3.33. The van der Waals surface area contributed by atoms with Crippen LogP contribution in [0.4, 0.5) is 18.9 Å². The molecule has 29 heavy (non-hydrogen) atoms. The molecule has 0 unspecified atom stereocenters. The number of alkyl halides is 3. The molecule has 13 heteroatoms. The van der Waals surface area contributed by atoms with E-state index in [1.807, 2.05) is 4.72 Å². The van der Waals surface area contributed by atoms with E-state index in [9.17, 15) is 36.3 Å². The van der Waals surface area contributed by atoms with Crippen LogP contribution in [0.1, 0.15) is 20.7 Å². The second-order valence-electron chi connectivity index (χ2n) is 5.28. The van der Waals surface area contributed by atoms with Crippen LogP contribution in [0.25, 0.3) is 0 Å². The van der Waals surface area contributed by atoms with Crippen LogP contribution in [0.2, 0.25) is 0 Å². The van der Waals surface area contributed by atoms with Crippen LogP contribution >= 0.6 is 15.9 Å². The first-order valence-electron chi connectivity index (χ1n) is 7.38. The van der Waals surface area contributed by atoms with Crippen LogP contribution in [-0.4, -0.2) is 38.9 Å². The van der Waals surface area contributed by atoms with Crippen molar-refractivity contribution in [3.8, 4) is 5.75 Å². The second kappa shape index (κ2) is 8.29. The lowest BCUT2D eigenvalue weighted by atomic mass is 10.1. The number of carboxylic acid groups (broad SMARTS) is 1. The number of hydrogen-bond donors (Lipinski definition) is 2. The minimum absolute atomic E-state index is 0.109. The normalized spacial score (nSPS) is 11.6. The van der Waals surface area contributed by atoms with E-state index in [0.717, 1.165) is 37.4 Å². The molecule has 0 spiro atoms. The standard InChI is InChI=1S/C16H11BrF3NO7S/c1-27-15(24)13-9(14(22)23)6-8(7-10(13)17)21-29(25,26)12-5-3-2-4-11(12)28-16(18,19)20/h2-7,21H,1H3,(H,22,23). The number of nitrogens with one attached hydrogen (secondary N) is 1. The van der Waals surface area contributed by atoms with E-state index in [1.54, 1.807) is 0 Å². The molecule has 0 aliphatic rings. The maximum atomic E-state index is 12.6. The third-order valence-corrected chi connectivity index (χ3v) is 5.37. The molecule has 0 saturated heterocycles. The van der Waals surface area contributed by atoms with Crippen LogP contribution < -0.4 is 9.46 Å². The van der Waals surface area contributed by atoms with Crippen molar-refractivity contribution in [3.05, 3.63) is 52.0 Å². The van der Waals surface area contributed by atoms with Gasteiger partial charge in [-0.25, -0.2) is 18.0 Å². The van der Waals surface area contributed by atoms with Gasteiger partial charge >= 0.3 is 18.3 Å². The molecule has 2 rings (SSSR count). The monoisotopic (exact) mass is 497 g/mol. The number of ether oxygens (including phenoxy) is 2. The fourth-order valence-corrected chi connectivity index (χ4v) is 4.03. The quantitative estimate of drug-likeness (QED) is 0.584. The first kappa shape index (κ1) is 22.5. The SMILES string of the molecule is COC(=O)c1c(Br)cc(NS(=O)(=O)c2ccccc2OC(F)(F)F)cc1C(=O)O. The Morgan fingerprint density at radius 3 is 2.34 bits per heavy atom. The van der Waals surface area contributed by atoms with Gasteiger partial charge in [0, 0.05) is 4.47 Å². The topological polar surface area (TPSA) is 119 Å². The van der Waals surface area contributed by atoms with Crippen LogP contribution in [0.15, 0.2) is 45.8 Å². The van der Waals surface area contributed by atoms with E-state index in [4.69, 9.17) is 0 Å². The van der Waals surface area contributed by atoms with Crippen molar-refractivity contribution in [2.45, 2.75) is 11.3 Å². The van der Waals surface area contributed by atoms with Gasteiger partial charge in [0.25, 0.3) is 10.0 Å². The lowest BCUT2D eigenvalue weighted by Gasteiger charge is -2.15.